The van der Waals surface area contributed by atoms with Crippen LogP contribution < -0.4 is 11.1 Å². The lowest BCUT2D eigenvalue weighted by atomic mass is 9.96. The lowest BCUT2D eigenvalue weighted by Crippen LogP contribution is -2.19. The number of nitrogens with one attached hydrogen (secondary N) is 1. The van der Waals surface area contributed by atoms with E-state index in [1.807, 2.05) is 19.1 Å². The van der Waals surface area contributed by atoms with Crippen LogP contribution in [-0.2, 0) is 11.2 Å². The van der Waals surface area contributed by atoms with Crippen LogP contribution in [0, 0.1) is 5.92 Å². The molecule has 2 amide bonds. The molecule has 24 heavy (non-hydrogen) atoms. The Balaban J connectivity index is 2.02. The Morgan fingerprint density at radius 1 is 0.958 bits per heavy atom. The molecule has 2 rings (SSSR count). The summed E-state index contributed by atoms with van der Waals surface area (Å²) < 4.78 is 0. The van der Waals surface area contributed by atoms with E-state index in [9.17, 15) is 9.59 Å². The fraction of sp³-hybridized carbons (Fsp3) is 0.300. The van der Waals surface area contributed by atoms with Crippen LogP contribution in [0.4, 0.5) is 5.69 Å². The van der Waals surface area contributed by atoms with Crippen molar-refractivity contribution in [2.24, 2.45) is 11.7 Å². The van der Waals surface area contributed by atoms with E-state index in [0.717, 1.165) is 12.0 Å². The van der Waals surface area contributed by atoms with Gasteiger partial charge in [-0.25, -0.2) is 0 Å². The number of hydrogen-bond donors (Lipinski definition) is 2. The van der Waals surface area contributed by atoms with Crippen LogP contribution in [0.2, 0.25) is 0 Å². The van der Waals surface area contributed by atoms with Crippen LogP contribution in [0.1, 0.15) is 48.2 Å². The van der Waals surface area contributed by atoms with Gasteiger partial charge in [0.15, 0.2) is 0 Å². The largest absolute Gasteiger partial charge is 0.366 e. The van der Waals surface area contributed by atoms with Crippen molar-refractivity contribution < 1.29 is 9.59 Å². The highest BCUT2D eigenvalue weighted by atomic mass is 16.2. The summed E-state index contributed by atoms with van der Waals surface area (Å²) in [6.45, 7) is 6.26. The Kier molecular flexibility index (Phi) is 5.74. The van der Waals surface area contributed by atoms with Crippen LogP contribution >= 0.6 is 0 Å². The minimum Gasteiger partial charge on any atom is -0.366 e. The number of anilines is 1. The van der Waals surface area contributed by atoms with Gasteiger partial charge in [-0.2, -0.15) is 0 Å². The summed E-state index contributed by atoms with van der Waals surface area (Å²) in [5.74, 6) is -0.213. The maximum atomic E-state index is 12.4. The van der Waals surface area contributed by atoms with E-state index in [1.54, 1.807) is 24.3 Å². The molecule has 4 nitrogen and oxygen atoms in total. The molecule has 0 fully saturated rings. The third-order valence-electron chi connectivity index (χ3n) is 3.95. The van der Waals surface area contributed by atoms with E-state index in [0.29, 0.717) is 17.2 Å². The molecule has 1 unspecified atom stereocenters. The zero-order valence-electron chi connectivity index (χ0n) is 14.4. The summed E-state index contributed by atoms with van der Waals surface area (Å²) in [6.07, 6.45) is 1.03. The van der Waals surface area contributed by atoms with Crippen molar-refractivity contribution in [3.63, 3.8) is 0 Å². The lowest BCUT2D eigenvalue weighted by molar-refractivity contribution is -0.117. The van der Waals surface area contributed by atoms with Crippen LogP contribution in [0.5, 0.6) is 0 Å². The SMILES string of the molecule is CC(C)Cc1ccc(C(C)C(=O)Nc2ccc(C(N)=O)cc2)cc1. The van der Waals surface area contributed by atoms with Gasteiger partial charge in [0.1, 0.15) is 0 Å². The number of rotatable bonds is 6. The topological polar surface area (TPSA) is 72.2 Å². The predicted molar refractivity (Wildman–Crippen MR) is 97.0 cm³/mol. The van der Waals surface area contributed by atoms with E-state index < -0.39 is 5.91 Å². The molecule has 0 saturated carbocycles. The third-order valence-corrected chi connectivity index (χ3v) is 3.95. The summed E-state index contributed by atoms with van der Waals surface area (Å²) in [5.41, 5.74) is 8.53. The van der Waals surface area contributed by atoms with Crippen molar-refractivity contribution in [2.75, 3.05) is 5.32 Å². The molecule has 0 spiro atoms. The van der Waals surface area contributed by atoms with Crippen molar-refractivity contribution in [2.45, 2.75) is 33.1 Å². The van der Waals surface area contributed by atoms with Crippen molar-refractivity contribution >= 4 is 17.5 Å². The summed E-state index contributed by atoms with van der Waals surface area (Å²) in [5, 5.41) is 2.86. The number of nitrogens with two attached hydrogens (primary N) is 1. The molecule has 0 aromatic heterocycles. The molecule has 0 heterocycles. The first-order valence-corrected chi connectivity index (χ1v) is 8.16. The normalized spacial score (nSPS) is 12.0. The average molecular weight is 324 g/mol. The monoisotopic (exact) mass is 324 g/mol. The minimum absolute atomic E-state index is 0.0848. The van der Waals surface area contributed by atoms with Crippen molar-refractivity contribution in [1.29, 1.82) is 0 Å². The van der Waals surface area contributed by atoms with E-state index in [1.165, 1.54) is 5.56 Å². The zero-order chi connectivity index (χ0) is 17.7. The van der Waals surface area contributed by atoms with Crippen LogP contribution in [0.3, 0.4) is 0 Å². The first-order valence-electron chi connectivity index (χ1n) is 8.16. The molecule has 0 aliphatic rings. The molecule has 0 saturated heterocycles. The van der Waals surface area contributed by atoms with Gasteiger partial charge < -0.3 is 11.1 Å². The highest BCUT2D eigenvalue weighted by molar-refractivity contribution is 5.97. The molecule has 0 aliphatic carbocycles. The minimum atomic E-state index is -0.484. The summed E-state index contributed by atoms with van der Waals surface area (Å²) in [4.78, 5) is 23.4. The number of primary amides is 1. The smallest absolute Gasteiger partial charge is 0.248 e. The van der Waals surface area contributed by atoms with Crippen molar-refractivity contribution in [1.82, 2.24) is 0 Å². The molecule has 1 atom stereocenters. The van der Waals surface area contributed by atoms with Crippen molar-refractivity contribution in [3.05, 3.63) is 65.2 Å². The Morgan fingerprint density at radius 2 is 1.54 bits per heavy atom. The average Bonchev–Trinajstić information content (AvgIpc) is 2.54. The molecule has 2 aromatic rings. The molecule has 2 aromatic carbocycles. The van der Waals surface area contributed by atoms with Gasteiger partial charge in [0, 0.05) is 11.3 Å². The van der Waals surface area contributed by atoms with Gasteiger partial charge in [-0.15, -0.1) is 0 Å². The standard InChI is InChI=1S/C20H24N2O2/c1-13(2)12-15-4-6-16(7-5-15)14(3)20(24)22-18-10-8-17(9-11-18)19(21)23/h4-11,13-14H,12H2,1-3H3,(H2,21,23)(H,22,24). The van der Waals surface area contributed by atoms with Crippen molar-refractivity contribution in [3.8, 4) is 0 Å². The van der Waals surface area contributed by atoms with Gasteiger partial charge in [0.2, 0.25) is 11.8 Å². The molecular formula is C20H24N2O2. The number of hydrogen-bond acceptors (Lipinski definition) is 2. The second-order valence-electron chi connectivity index (χ2n) is 6.49. The summed E-state index contributed by atoms with van der Waals surface area (Å²) >= 11 is 0. The number of benzene rings is 2. The zero-order valence-corrected chi connectivity index (χ0v) is 14.4. The molecule has 0 aliphatic heterocycles. The molecule has 0 bridgehead atoms. The number of carbonyl (C=O) groups is 2. The van der Waals surface area contributed by atoms with E-state index in [-0.39, 0.29) is 11.8 Å². The molecule has 126 valence electrons. The fourth-order valence-corrected chi connectivity index (χ4v) is 2.53. The lowest BCUT2D eigenvalue weighted by Gasteiger charge is -2.14. The Labute approximate surface area is 143 Å². The maximum Gasteiger partial charge on any atom is 0.248 e. The van der Waals surface area contributed by atoms with Gasteiger partial charge in [0.05, 0.1) is 5.92 Å². The van der Waals surface area contributed by atoms with Crippen LogP contribution in [0.15, 0.2) is 48.5 Å². The summed E-state index contributed by atoms with van der Waals surface area (Å²) in [6, 6.07) is 14.7. The van der Waals surface area contributed by atoms with Gasteiger partial charge in [-0.3, -0.25) is 9.59 Å². The van der Waals surface area contributed by atoms with E-state index >= 15 is 0 Å². The molecule has 4 heteroatoms. The van der Waals surface area contributed by atoms with E-state index in [2.05, 4.69) is 31.3 Å². The Morgan fingerprint density at radius 3 is 2.04 bits per heavy atom. The summed E-state index contributed by atoms with van der Waals surface area (Å²) in [7, 11) is 0. The second kappa shape index (κ2) is 7.77. The fourth-order valence-electron chi connectivity index (χ4n) is 2.53. The predicted octanol–water partition coefficient (Wildman–Crippen LogP) is 3.73. The molecule has 3 N–H and O–H groups in total. The third kappa shape index (κ3) is 4.69. The first-order chi connectivity index (χ1) is 11.4. The molecule has 0 radical (unpaired) electrons. The first kappa shape index (κ1) is 17.7. The second-order valence-corrected chi connectivity index (χ2v) is 6.49. The highest BCUT2D eigenvalue weighted by Gasteiger charge is 2.15. The van der Waals surface area contributed by atoms with Gasteiger partial charge in [-0.1, -0.05) is 38.1 Å². The molecular weight excluding hydrogens is 300 g/mol. The van der Waals surface area contributed by atoms with Gasteiger partial charge in [-0.05, 0) is 54.7 Å². The Bertz CT molecular complexity index is 703. The maximum absolute atomic E-state index is 12.4. The number of carbonyl (C=O) groups excluding carboxylic acids is 2. The quantitative estimate of drug-likeness (QED) is 0.850. The highest BCUT2D eigenvalue weighted by Crippen LogP contribution is 2.20. The van der Waals surface area contributed by atoms with Gasteiger partial charge in [0.25, 0.3) is 0 Å². The number of amides is 2. The van der Waals surface area contributed by atoms with Gasteiger partial charge >= 0.3 is 0 Å². The van der Waals surface area contributed by atoms with Crippen LogP contribution in [-0.4, -0.2) is 11.8 Å². The van der Waals surface area contributed by atoms with E-state index in [4.69, 9.17) is 5.73 Å². The van der Waals surface area contributed by atoms with Crippen LogP contribution in [0.25, 0.3) is 0 Å². The Hall–Kier alpha value is -2.62.